The maximum absolute atomic E-state index is 12.0. The van der Waals surface area contributed by atoms with Crippen LogP contribution in [0.1, 0.15) is 51.9 Å². The zero-order valence-electron chi connectivity index (χ0n) is 11.3. The van der Waals surface area contributed by atoms with Crippen molar-refractivity contribution in [1.29, 1.82) is 0 Å². The topological polar surface area (TPSA) is 58.4 Å². The fourth-order valence-electron chi connectivity index (χ4n) is 2.88. The molecule has 1 fully saturated rings. The SMILES string of the molecule is CCCN(C(=O)NC)C1(CN)CCCCCC1. The monoisotopic (exact) mass is 241 g/mol. The second-order valence-electron chi connectivity index (χ2n) is 5.05. The Morgan fingerprint density at radius 3 is 2.29 bits per heavy atom. The molecule has 1 saturated carbocycles. The predicted octanol–water partition coefficient (Wildman–Crippen LogP) is 2.09. The lowest BCUT2D eigenvalue weighted by molar-refractivity contribution is 0.104. The average molecular weight is 241 g/mol. The molecular formula is C13H27N3O. The molecule has 1 rings (SSSR count). The molecule has 2 amide bonds. The van der Waals surface area contributed by atoms with E-state index in [-0.39, 0.29) is 11.6 Å². The number of amides is 2. The summed E-state index contributed by atoms with van der Waals surface area (Å²) < 4.78 is 0. The molecule has 1 aliphatic rings. The summed E-state index contributed by atoms with van der Waals surface area (Å²) in [6.45, 7) is 3.49. The van der Waals surface area contributed by atoms with Gasteiger partial charge in [-0.3, -0.25) is 0 Å². The molecule has 0 atom stereocenters. The van der Waals surface area contributed by atoms with Crippen LogP contribution in [-0.4, -0.2) is 36.6 Å². The molecule has 4 heteroatoms. The molecule has 0 aromatic rings. The highest BCUT2D eigenvalue weighted by Gasteiger charge is 2.37. The number of hydrogen-bond donors (Lipinski definition) is 2. The smallest absolute Gasteiger partial charge is 0.317 e. The van der Waals surface area contributed by atoms with Crippen LogP contribution in [0.3, 0.4) is 0 Å². The van der Waals surface area contributed by atoms with Gasteiger partial charge in [0.2, 0.25) is 0 Å². The van der Waals surface area contributed by atoms with Crippen molar-refractivity contribution in [3.05, 3.63) is 0 Å². The minimum atomic E-state index is -0.105. The van der Waals surface area contributed by atoms with E-state index in [2.05, 4.69) is 12.2 Å². The van der Waals surface area contributed by atoms with Crippen LogP contribution in [-0.2, 0) is 0 Å². The van der Waals surface area contributed by atoms with Gasteiger partial charge in [0, 0.05) is 20.1 Å². The number of urea groups is 1. The highest BCUT2D eigenvalue weighted by Crippen LogP contribution is 2.32. The van der Waals surface area contributed by atoms with Crippen LogP contribution in [0, 0.1) is 0 Å². The third-order valence-corrected chi connectivity index (χ3v) is 3.89. The van der Waals surface area contributed by atoms with Gasteiger partial charge in [-0.25, -0.2) is 4.79 Å². The van der Waals surface area contributed by atoms with Gasteiger partial charge in [0.1, 0.15) is 0 Å². The first-order chi connectivity index (χ1) is 8.20. The molecule has 0 unspecified atom stereocenters. The van der Waals surface area contributed by atoms with Crippen molar-refractivity contribution in [2.24, 2.45) is 5.73 Å². The maximum atomic E-state index is 12.0. The van der Waals surface area contributed by atoms with Gasteiger partial charge >= 0.3 is 6.03 Å². The van der Waals surface area contributed by atoms with Gasteiger partial charge in [0.15, 0.2) is 0 Å². The fraction of sp³-hybridized carbons (Fsp3) is 0.923. The molecule has 100 valence electrons. The summed E-state index contributed by atoms with van der Waals surface area (Å²) in [5, 5.41) is 2.76. The van der Waals surface area contributed by atoms with Crippen LogP contribution in [0.2, 0.25) is 0 Å². The van der Waals surface area contributed by atoms with Crippen molar-refractivity contribution in [2.75, 3.05) is 20.1 Å². The third-order valence-electron chi connectivity index (χ3n) is 3.89. The van der Waals surface area contributed by atoms with E-state index in [1.165, 1.54) is 25.7 Å². The molecule has 0 aromatic heterocycles. The van der Waals surface area contributed by atoms with E-state index < -0.39 is 0 Å². The molecule has 0 aliphatic heterocycles. The van der Waals surface area contributed by atoms with Crippen molar-refractivity contribution >= 4 is 6.03 Å². The Labute approximate surface area is 105 Å². The van der Waals surface area contributed by atoms with Crippen molar-refractivity contribution in [3.8, 4) is 0 Å². The normalized spacial score (nSPS) is 19.5. The summed E-state index contributed by atoms with van der Waals surface area (Å²) in [5.41, 5.74) is 5.91. The minimum Gasteiger partial charge on any atom is -0.341 e. The highest BCUT2D eigenvalue weighted by atomic mass is 16.2. The lowest BCUT2D eigenvalue weighted by atomic mass is 9.88. The Morgan fingerprint density at radius 2 is 1.88 bits per heavy atom. The Hall–Kier alpha value is -0.770. The van der Waals surface area contributed by atoms with Gasteiger partial charge in [-0.15, -0.1) is 0 Å². The number of nitrogens with two attached hydrogens (primary N) is 1. The van der Waals surface area contributed by atoms with E-state index >= 15 is 0 Å². The molecule has 0 aromatic carbocycles. The number of hydrogen-bond acceptors (Lipinski definition) is 2. The Kier molecular flexibility index (Phi) is 5.75. The molecule has 0 spiro atoms. The van der Waals surface area contributed by atoms with Crippen molar-refractivity contribution < 1.29 is 4.79 Å². The first-order valence-corrected chi connectivity index (χ1v) is 6.89. The van der Waals surface area contributed by atoms with Crippen molar-refractivity contribution in [2.45, 2.75) is 57.4 Å². The van der Waals surface area contributed by atoms with Crippen LogP contribution in [0.15, 0.2) is 0 Å². The summed E-state index contributed by atoms with van der Waals surface area (Å²) in [5.74, 6) is 0. The predicted molar refractivity (Wildman–Crippen MR) is 70.9 cm³/mol. The summed E-state index contributed by atoms with van der Waals surface area (Å²) >= 11 is 0. The van der Waals surface area contributed by atoms with Crippen molar-refractivity contribution in [3.63, 3.8) is 0 Å². The lowest BCUT2D eigenvalue weighted by Gasteiger charge is -2.43. The van der Waals surface area contributed by atoms with Crippen molar-refractivity contribution in [1.82, 2.24) is 10.2 Å². The second kappa shape index (κ2) is 6.84. The fourth-order valence-corrected chi connectivity index (χ4v) is 2.88. The number of rotatable bonds is 4. The number of carbonyl (C=O) groups is 1. The quantitative estimate of drug-likeness (QED) is 0.740. The van der Waals surface area contributed by atoms with Gasteiger partial charge in [-0.05, 0) is 19.3 Å². The summed E-state index contributed by atoms with van der Waals surface area (Å²) in [6.07, 6.45) is 8.01. The van der Waals surface area contributed by atoms with E-state index in [1.807, 2.05) is 4.90 Å². The van der Waals surface area contributed by atoms with Gasteiger partial charge in [0.25, 0.3) is 0 Å². The molecule has 0 heterocycles. The van der Waals surface area contributed by atoms with E-state index in [1.54, 1.807) is 7.05 Å². The van der Waals surface area contributed by atoms with Gasteiger partial charge in [-0.2, -0.15) is 0 Å². The molecule has 0 bridgehead atoms. The molecule has 0 saturated heterocycles. The van der Waals surface area contributed by atoms with Crippen LogP contribution in [0.5, 0.6) is 0 Å². The summed E-state index contributed by atoms with van der Waals surface area (Å²) in [4.78, 5) is 14.0. The molecule has 4 nitrogen and oxygen atoms in total. The first kappa shape index (κ1) is 14.3. The van der Waals surface area contributed by atoms with E-state index in [9.17, 15) is 4.79 Å². The van der Waals surface area contributed by atoms with E-state index in [4.69, 9.17) is 5.73 Å². The Bertz CT molecular complexity index is 235. The largest absolute Gasteiger partial charge is 0.341 e. The number of nitrogens with zero attached hydrogens (tertiary/aromatic N) is 1. The Balaban J connectivity index is 2.87. The van der Waals surface area contributed by atoms with E-state index in [0.29, 0.717) is 6.54 Å². The van der Waals surface area contributed by atoms with Crippen LogP contribution >= 0.6 is 0 Å². The van der Waals surface area contributed by atoms with Gasteiger partial charge < -0.3 is 16.0 Å². The molecular weight excluding hydrogens is 214 g/mol. The Morgan fingerprint density at radius 1 is 1.29 bits per heavy atom. The van der Waals surface area contributed by atoms with E-state index in [0.717, 1.165) is 25.8 Å². The summed E-state index contributed by atoms with van der Waals surface area (Å²) in [7, 11) is 1.70. The minimum absolute atomic E-state index is 0.0270. The number of nitrogens with one attached hydrogen (secondary N) is 1. The molecule has 3 N–H and O–H groups in total. The van der Waals surface area contributed by atoms with Crippen LogP contribution in [0.4, 0.5) is 4.79 Å². The molecule has 0 radical (unpaired) electrons. The maximum Gasteiger partial charge on any atom is 0.317 e. The highest BCUT2D eigenvalue weighted by molar-refractivity contribution is 5.74. The van der Waals surface area contributed by atoms with Gasteiger partial charge in [-0.1, -0.05) is 32.6 Å². The average Bonchev–Trinajstić information content (AvgIpc) is 2.61. The molecule has 17 heavy (non-hydrogen) atoms. The first-order valence-electron chi connectivity index (χ1n) is 6.89. The summed E-state index contributed by atoms with van der Waals surface area (Å²) in [6, 6.07) is 0.0270. The lowest BCUT2D eigenvalue weighted by Crippen LogP contribution is -2.58. The zero-order chi connectivity index (χ0) is 12.7. The second-order valence-corrected chi connectivity index (χ2v) is 5.05. The standard InChI is InChI=1S/C13H27N3O/c1-3-10-16(12(17)15-2)13(11-14)8-6-4-5-7-9-13/h3-11,14H2,1-2H3,(H,15,17). The third kappa shape index (κ3) is 3.35. The number of carbonyl (C=O) groups excluding carboxylic acids is 1. The van der Waals surface area contributed by atoms with Gasteiger partial charge in [0.05, 0.1) is 5.54 Å². The van der Waals surface area contributed by atoms with Crippen LogP contribution < -0.4 is 11.1 Å². The van der Waals surface area contributed by atoms with Crippen LogP contribution in [0.25, 0.3) is 0 Å². The molecule has 1 aliphatic carbocycles. The zero-order valence-corrected chi connectivity index (χ0v) is 11.3.